The average Bonchev–Trinajstić information content (AvgIpc) is 3.06. The number of fused-ring (bicyclic) bond motifs is 1. The number of methoxy groups -OCH3 is 1. The van der Waals surface area contributed by atoms with Crippen molar-refractivity contribution < 1.29 is 18.3 Å². The fourth-order valence-electron chi connectivity index (χ4n) is 3.20. The van der Waals surface area contributed by atoms with Gasteiger partial charge in [-0.1, -0.05) is 12.1 Å². The molecule has 3 rings (SSSR count). The molecule has 0 saturated heterocycles. The molecule has 2 aromatic carbocycles. The van der Waals surface area contributed by atoms with E-state index in [9.17, 15) is 8.78 Å². The number of nitrogens with zero attached hydrogens (tertiary/aromatic N) is 3. The van der Waals surface area contributed by atoms with Crippen molar-refractivity contribution in [2.24, 2.45) is 4.99 Å². The summed E-state index contributed by atoms with van der Waals surface area (Å²) in [6.45, 7) is 0.625. The molecule has 0 spiro atoms. The van der Waals surface area contributed by atoms with Crippen LogP contribution >= 0.6 is 24.0 Å². The second kappa shape index (κ2) is 11.7. The number of aliphatic imine (C=N–C) groups is 1. The minimum absolute atomic E-state index is 0. The van der Waals surface area contributed by atoms with Crippen LogP contribution in [-0.2, 0) is 13.1 Å². The van der Waals surface area contributed by atoms with Gasteiger partial charge >= 0.3 is 6.61 Å². The van der Waals surface area contributed by atoms with Crippen LogP contribution < -0.4 is 20.1 Å². The fourth-order valence-corrected chi connectivity index (χ4v) is 3.20. The zero-order valence-corrected chi connectivity index (χ0v) is 19.9. The first kappa shape index (κ1) is 24.6. The summed E-state index contributed by atoms with van der Waals surface area (Å²) in [5.74, 6) is 2.13. The third-order valence-corrected chi connectivity index (χ3v) is 4.63. The Morgan fingerprint density at radius 1 is 1.19 bits per heavy atom. The topological polar surface area (TPSA) is 72.7 Å². The zero-order valence-electron chi connectivity index (χ0n) is 17.6. The van der Waals surface area contributed by atoms with E-state index in [0.717, 1.165) is 16.9 Å². The van der Waals surface area contributed by atoms with Crippen LogP contribution in [0.5, 0.6) is 11.5 Å². The lowest BCUT2D eigenvalue weighted by molar-refractivity contribution is -0.0504. The van der Waals surface area contributed by atoms with Crippen LogP contribution in [0.4, 0.5) is 8.78 Å². The van der Waals surface area contributed by atoms with Gasteiger partial charge in [-0.25, -0.2) is 4.98 Å². The van der Waals surface area contributed by atoms with Crippen molar-refractivity contribution >= 4 is 41.0 Å². The zero-order chi connectivity index (χ0) is 21.5. The monoisotopic (exact) mass is 545 g/mol. The summed E-state index contributed by atoms with van der Waals surface area (Å²) in [4.78, 5) is 8.75. The molecule has 1 aromatic heterocycles. The number of alkyl halides is 2. The van der Waals surface area contributed by atoms with Gasteiger partial charge in [0.2, 0.25) is 0 Å². The van der Waals surface area contributed by atoms with Gasteiger partial charge in [-0.2, -0.15) is 8.78 Å². The number of halogens is 3. The van der Waals surface area contributed by atoms with Gasteiger partial charge in [0.1, 0.15) is 17.3 Å². The normalized spacial score (nSPS) is 11.4. The van der Waals surface area contributed by atoms with E-state index in [1.54, 1.807) is 19.2 Å². The predicted molar refractivity (Wildman–Crippen MR) is 128 cm³/mol. The Labute approximate surface area is 196 Å². The number of ether oxygens (including phenoxy) is 2. The maximum absolute atomic E-state index is 12.7. The Morgan fingerprint density at radius 2 is 1.97 bits per heavy atom. The molecule has 3 aromatic rings. The molecule has 0 bridgehead atoms. The quantitative estimate of drug-likeness (QED) is 0.255. The van der Waals surface area contributed by atoms with Crippen LogP contribution in [-0.4, -0.2) is 42.8 Å². The van der Waals surface area contributed by atoms with E-state index in [4.69, 9.17) is 4.74 Å². The summed E-state index contributed by atoms with van der Waals surface area (Å²) in [6, 6.07) is 12.7. The first-order chi connectivity index (χ1) is 14.5. The van der Waals surface area contributed by atoms with Gasteiger partial charge in [0.15, 0.2) is 5.96 Å². The molecule has 0 saturated carbocycles. The number of rotatable bonds is 8. The number of benzene rings is 2. The van der Waals surface area contributed by atoms with Gasteiger partial charge in [0.25, 0.3) is 0 Å². The maximum Gasteiger partial charge on any atom is 0.387 e. The Bertz CT molecular complexity index is 1030. The van der Waals surface area contributed by atoms with Crippen LogP contribution in [0.15, 0.2) is 47.5 Å². The standard InChI is InChI=1S/C21H25F2N5O2.HI/c1-14-27-17-6-4-5-7-18(17)28(14)11-10-25-21(24-2)26-13-15-12-16(29-3)8-9-19(15)30-20(22)23;/h4-9,12,20H,10-11,13H2,1-3H3,(H2,24,25,26);1H. The third-order valence-electron chi connectivity index (χ3n) is 4.63. The molecule has 0 aliphatic rings. The van der Waals surface area contributed by atoms with Gasteiger partial charge in [-0.05, 0) is 37.3 Å². The van der Waals surface area contributed by atoms with E-state index in [2.05, 4.69) is 29.9 Å². The van der Waals surface area contributed by atoms with Crippen molar-refractivity contribution in [3.05, 3.63) is 53.9 Å². The number of imidazole rings is 1. The molecule has 31 heavy (non-hydrogen) atoms. The molecule has 0 unspecified atom stereocenters. The minimum Gasteiger partial charge on any atom is -0.497 e. The van der Waals surface area contributed by atoms with Gasteiger partial charge in [-0.15, -0.1) is 24.0 Å². The second-order valence-electron chi connectivity index (χ2n) is 6.50. The highest BCUT2D eigenvalue weighted by atomic mass is 127. The van der Waals surface area contributed by atoms with Crippen LogP contribution in [0.2, 0.25) is 0 Å². The molecular weight excluding hydrogens is 519 g/mol. The van der Waals surface area contributed by atoms with Gasteiger partial charge in [0, 0.05) is 32.2 Å². The van der Waals surface area contributed by atoms with Crippen molar-refractivity contribution in [1.82, 2.24) is 20.2 Å². The molecule has 2 N–H and O–H groups in total. The van der Waals surface area contributed by atoms with Crippen molar-refractivity contribution in [1.29, 1.82) is 0 Å². The highest BCUT2D eigenvalue weighted by Gasteiger charge is 2.12. The smallest absolute Gasteiger partial charge is 0.387 e. The lowest BCUT2D eigenvalue weighted by Gasteiger charge is -2.16. The number of guanidine groups is 1. The van der Waals surface area contributed by atoms with E-state index in [0.29, 0.717) is 30.4 Å². The largest absolute Gasteiger partial charge is 0.497 e. The summed E-state index contributed by atoms with van der Waals surface area (Å²) in [5.41, 5.74) is 2.57. The Morgan fingerprint density at radius 3 is 2.68 bits per heavy atom. The molecule has 0 amide bonds. The van der Waals surface area contributed by atoms with Gasteiger partial charge in [-0.3, -0.25) is 4.99 Å². The molecule has 168 valence electrons. The average molecular weight is 545 g/mol. The van der Waals surface area contributed by atoms with E-state index in [-0.39, 0.29) is 36.3 Å². The van der Waals surface area contributed by atoms with Crippen LogP contribution in [0.1, 0.15) is 11.4 Å². The number of hydrogen-bond donors (Lipinski definition) is 2. The van der Waals surface area contributed by atoms with E-state index in [1.807, 2.05) is 31.2 Å². The number of nitrogens with one attached hydrogen (secondary N) is 2. The fraction of sp³-hybridized carbons (Fsp3) is 0.333. The number of aromatic nitrogens is 2. The molecule has 7 nitrogen and oxygen atoms in total. The molecule has 0 fully saturated rings. The summed E-state index contributed by atoms with van der Waals surface area (Å²) in [5, 5.41) is 6.34. The van der Waals surface area contributed by atoms with E-state index in [1.165, 1.54) is 13.2 Å². The Hall–Kier alpha value is -2.63. The van der Waals surface area contributed by atoms with E-state index >= 15 is 0 Å². The molecule has 0 radical (unpaired) electrons. The Balaban J connectivity index is 0.00000341. The first-order valence-corrected chi connectivity index (χ1v) is 9.50. The summed E-state index contributed by atoms with van der Waals surface area (Å²) < 4.78 is 37.3. The Kier molecular flexibility index (Phi) is 9.28. The summed E-state index contributed by atoms with van der Waals surface area (Å²) in [6.07, 6.45) is 0. The lowest BCUT2D eigenvalue weighted by Crippen LogP contribution is -2.38. The summed E-state index contributed by atoms with van der Waals surface area (Å²) in [7, 11) is 3.16. The number of aryl methyl sites for hydroxylation is 1. The maximum atomic E-state index is 12.7. The predicted octanol–water partition coefficient (Wildman–Crippen LogP) is 3.94. The molecule has 0 aliphatic heterocycles. The van der Waals surface area contributed by atoms with Crippen molar-refractivity contribution in [2.45, 2.75) is 26.6 Å². The van der Waals surface area contributed by atoms with Crippen LogP contribution in [0.25, 0.3) is 11.0 Å². The number of hydrogen-bond acceptors (Lipinski definition) is 4. The molecular formula is C21H26F2IN5O2. The molecule has 0 aliphatic carbocycles. The highest BCUT2D eigenvalue weighted by Crippen LogP contribution is 2.25. The second-order valence-corrected chi connectivity index (χ2v) is 6.50. The van der Waals surface area contributed by atoms with Crippen molar-refractivity contribution in [3.63, 3.8) is 0 Å². The van der Waals surface area contributed by atoms with Crippen molar-refractivity contribution in [2.75, 3.05) is 20.7 Å². The first-order valence-electron chi connectivity index (χ1n) is 9.50. The SMILES string of the molecule is CN=C(NCCn1c(C)nc2ccccc21)NCc1cc(OC)ccc1OC(F)F.I. The lowest BCUT2D eigenvalue weighted by atomic mass is 10.2. The van der Waals surface area contributed by atoms with Gasteiger partial charge < -0.3 is 24.7 Å². The van der Waals surface area contributed by atoms with Gasteiger partial charge in [0.05, 0.1) is 18.1 Å². The van der Waals surface area contributed by atoms with Crippen LogP contribution in [0.3, 0.4) is 0 Å². The highest BCUT2D eigenvalue weighted by molar-refractivity contribution is 14.0. The van der Waals surface area contributed by atoms with E-state index < -0.39 is 6.61 Å². The molecule has 10 heteroatoms. The van der Waals surface area contributed by atoms with Crippen molar-refractivity contribution in [3.8, 4) is 11.5 Å². The molecule has 1 heterocycles. The minimum atomic E-state index is -2.90. The van der Waals surface area contributed by atoms with Crippen LogP contribution in [0, 0.1) is 6.92 Å². The number of para-hydroxylation sites is 2. The third kappa shape index (κ3) is 6.42. The summed E-state index contributed by atoms with van der Waals surface area (Å²) >= 11 is 0. The molecule has 0 atom stereocenters.